The van der Waals surface area contributed by atoms with E-state index in [1.54, 1.807) is 20.0 Å². The molecule has 0 spiro atoms. The van der Waals surface area contributed by atoms with Gasteiger partial charge in [0.2, 0.25) is 0 Å². The van der Waals surface area contributed by atoms with Crippen LogP contribution in [0.5, 0.6) is 0 Å². The minimum atomic E-state index is -3.05. The number of nitrogens with one attached hydrogen (secondary N) is 1. The Balaban J connectivity index is 1.89. The third kappa shape index (κ3) is 3.49. The highest BCUT2D eigenvalue weighted by molar-refractivity contribution is 7.92. The summed E-state index contributed by atoms with van der Waals surface area (Å²) in [6.07, 6.45) is 4.10. The van der Waals surface area contributed by atoms with Gasteiger partial charge in [-0.2, -0.15) is 0 Å². The summed E-state index contributed by atoms with van der Waals surface area (Å²) < 4.78 is 22.6. The lowest BCUT2D eigenvalue weighted by Crippen LogP contribution is -2.46. The first-order valence-electron chi connectivity index (χ1n) is 6.88. The highest BCUT2D eigenvalue weighted by Gasteiger charge is 2.32. The van der Waals surface area contributed by atoms with Crippen molar-refractivity contribution in [2.75, 3.05) is 30.8 Å². The van der Waals surface area contributed by atoms with E-state index >= 15 is 0 Å². The summed E-state index contributed by atoms with van der Waals surface area (Å²) in [5.74, 6) is 0.985. The maximum absolute atomic E-state index is 11.7. The number of nitrogens with zero attached hydrogens (tertiary/aromatic N) is 2. The molecule has 112 valence electrons. The van der Waals surface area contributed by atoms with Crippen molar-refractivity contribution >= 4 is 15.7 Å². The Hall–Kier alpha value is -1.14. The fourth-order valence-electron chi connectivity index (χ4n) is 2.20. The fraction of sp³-hybridized carbons (Fsp3) is 0.643. The molecule has 6 heteroatoms. The van der Waals surface area contributed by atoms with E-state index in [1.807, 2.05) is 18.2 Å². The van der Waals surface area contributed by atoms with Crippen molar-refractivity contribution in [3.63, 3.8) is 0 Å². The molecule has 1 fully saturated rings. The average Bonchev–Trinajstić information content (AvgIpc) is 2.85. The summed E-state index contributed by atoms with van der Waals surface area (Å²) in [5.41, 5.74) is 0. The zero-order chi connectivity index (χ0) is 14.8. The van der Waals surface area contributed by atoms with Crippen LogP contribution >= 0.6 is 0 Å². The first-order valence-corrected chi connectivity index (χ1v) is 8.78. The largest absolute Gasteiger partial charge is 0.355 e. The predicted molar refractivity (Wildman–Crippen MR) is 81.8 cm³/mol. The minimum Gasteiger partial charge on any atom is -0.355 e. The fourth-order valence-corrected chi connectivity index (χ4v) is 2.54. The average molecular weight is 297 g/mol. The first-order chi connectivity index (χ1) is 9.29. The Labute approximate surface area is 121 Å². The van der Waals surface area contributed by atoms with E-state index in [2.05, 4.69) is 15.2 Å². The maximum atomic E-state index is 11.7. The Kier molecular flexibility index (Phi) is 4.34. The molecule has 0 saturated carbocycles. The predicted octanol–water partition coefficient (Wildman–Crippen LogP) is 1.07. The standard InChI is InChI=1S/C14H23N3O2S/c1-14(2,20(3,18)19)11-16-12-7-9-17(10-12)13-6-4-5-8-15-13/h4-6,8,12,16H,7,9-11H2,1-3H3. The lowest BCUT2D eigenvalue weighted by atomic mass is 10.2. The van der Waals surface area contributed by atoms with E-state index in [0.717, 1.165) is 25.3 Å². The lowest BCUT2D eigenvalue weighted by Gasteiger charge is -2.25. The van der Waals surface area contributed by atoms with Gasteiger partial charge in [-0.25, -0.2) is 13.4 Å². The van der Waals surface area contributed by atoms with Gasteiger partial charge in [0.05, 0.1) is 4.75 Å². The van der Waals surface area contributed by atoms with Crippen LogP contribution in [-0.4, -0.2) is 50.1 Å². The Bertz CT molecular complexity index is 543. The monoisotopic (exact) mass is 297 g/mol. The Morgan fingerprint density at radius 3 is 2.80 bits per heavy atom. The number of hydrogen-bond donors (Lipinski definition) is 1. The zero-order valence-electron chi connectivity index (χ0n) is 12.3. The van der Waals surface area contributed by atoms with Crippen LogP contribution in [-0.2, 0) is 9.84 Å². The van der Waals surface area contributed by atoms with Gasteiger partial charge in [-0.15, -0.1) is 0 Å². The van der Waals surface area contributed by atoms with E-state index in [9.17, 15) is 8.42 Å². The summed E-state index contributed by atoms with van der Waals surface area (Å²) in [4.78, 5) is 6.57. The topological polar surface area (TPSA) is 62.3 Å². The molecule has 0 bridgehead atoms. The van der Waals surface area contributed by atoms with Crippen molar-refractivity contribution in [3.8, 4) is 0 Å². The molecule has 1 aromatic rings. The van der Waals surface area contributed by atoms with Crippen LogP contribution in [0.2, 0.25) is 0 Å². The van der Waals surface area contributed by atoms with Gasteiger partial charge in [0.1, 0.15) is 5.82 Å². The first kappa shape index (κ1) is 15.3. The van der Waals surface area contributed by atoms with Gasteiger partial charge in [-0.3, -0.25) is 0 Å². The molecule has 1 N–H and O–H groups in total. The van der Waals surface area contributed by atoms with Crippen molar-refractivity contribution < 1.29 is 8.42 Å². The number of rotatable bonds is 5. The molecule has 2 heterocycles. The van der Waals surface area contributed by atoms with Crippen LogP contribution in [0.25, 0.3) is 0 Å². The SMILES string of the molecule is CC(C)(CNC1CCN(c2ccccn2)C1)S(C)(=O)=O. The summed E-state index contributed by atoms with van der Waals surface area (Å²) in [5, 5.41) is 3.38. The van der Waals surface area contributed by atoms with Gasteiger partial charge >= 0.3 is 0 Å². The van der Waals surface area contributed by atoms with E-state index in [-0.39, 0.29) is 0 Å². The molecule has 20 heavy (non-hydrogen) atoms. The molecule has 0 aliphatic carbocycles. The lowest BCUT2D eigenvalue weighted by molar-refractivity contribution is 0.481. The Morgan fingerprint density at radius 1 is 1.45 bits per heavy atom. The highest BCUT2D eigenvalue weighted by Crippen LogP contribution is 2.19. The van der Waals surface area contributed by atoms with E-state index in [4.69, 9.17) is 0 Å². The molecule has 1 saturated heterocycles. The van der Waals surface area contributed by atoms with Gasteiger partial charge in [0.15, 0.2) is 9.84 Å². The van der Waals surface area contributed by atoms with Gasteiger partial charge in [-0.05, 0) is 32.4 Å². The molecular weight excluding hydrogens is 274 g/mol. The molecule has 1 aromatic heterocycles. The molecular formula is C14H23N3O2S. The normalized spacial score (nSPS) is 20.4. The van der Waals surface area contributed by atoms with Crippen LogP contribution < -0.4 is 10.2 Å². The van der Waals surface area contributed by atoms with Crippen LogP contribution in [0.1, 0.15) is 20.3 Å². The molecule has 0 aromatic carbocycles. The summed E-state index contributed by atoms with van der Waals surface area (Å²) >= 11 is 0. The molecule has 0 radical (unpaired) electrons. The quantitative estimate of drug-likeness (QED) is 0.881. The van der Waals surface area contributed by atoms with Gasteiger partial charge in [-0.1, -0.05) is 6.07 Å². The minimum absolute atomic E-state index is 0.318. The highest BCUT2D eigenvalue weighted by atomic mass is 32.2. The molecule has 2 rings (SSSR count). The third-order valence-corrected chi connectivity index (χ3v) is 6.13. The van der Waals surface area contributed by atoms with E-state index in [1.165, 1.54) is 6.26 Å². The third-order valence-electron chi connectivity index (χ3n) is 3.98. The van der Waals surface area contributed by atoms with Crippen LogP contribution in [0.3, 0.4) is 0 Å². The molecule has 1 atom stereocenters. The number of aromatic nitrogens is 1. The number of anilines is 1. The van der Waals surface area contributed by atoms with E-state index in [0.29, 0.717) is 12.6 Å². The van der Waals surface area contributed by atoms with Crippen molar-refractivity contribution in [2.45, 2.75) is 31.1 Å². The van der Waals surface area contributed by atoms with Gasteiger partial charge < -0.3 is 10.2 Å². The summed E-state index contributed by atoms with van der Waals surface area (Å²) in [7, 11) is -3.05. The van der Waals surface area contributed by atoms with E-state index < -0.39 is 14.6 Å². The maximum Gasteiger partial charge on any atom is 0.153 e. The number of hydrogen-bond acceptors (Lipinski definition) is 5. The van der Waals surface area contributed by atoms with Crippen LogP contribution in [0, 0.1) is 0 Å². The second-order valence-corrected chi connectivity index (χ2v) is 8.68. The smallest absolute Gasteiger partial charge is 0.153 e. The van der Waals surface area contributed by atoms with Crippen molar-refractivity contribution in [1.29, 1.82) is 0 Å². The molecule has 1 aliphatic heterocycles. The molecule has 1 aliphatic rings. The van der Waals surface area contributed by atoms with Crippen LogP contribution in [0.4, 0.5) is 5.82 Å². The second kappa shape index (κ2) is 5.69. The van der Waals surface area contributed by atoms with Crippen molar-refractivity contribution in [3.05, 3.63) is 24.4 Å². The molecule has 0 amide bonds. The molecule has 1 unspecified atom stereocenters. The van der Waals surface area contributed by atoms with Crippen molar-refractivity contribution in [1.82, 2.24) is 10.3 Å². The van der Waals surface area contributed by atoms with Gasteiger partial charge in [0.25, 0.3) is 0 Å². The van der Waals surface area contributed by atoms with Crippen molar-refractivity contribution in [2.24, 2.45) is 0 Å². The van der Waals surface area contributed by atoms with Gasteiger partial charge in [0, 0.05) is 38.1 Å². The second-order valence-electron chi connectivity index (χ2n) is 6.03. The number of pyridine rings is 1. The number of sulfone groups is 1. The molecule has 5 nitrogen and oxygen atoms in total. The summed E-state index contributed by atoms with van der Waals surface area (Å²) in [6, 6.07) is 6.21. The zero-order valence-corrected chi connectivity index (χ0v) is 13.2. The van der Waals surface area contributed by atoms with Crippen LogP contribution in [0.15, 0.2) is 24.4 Å². The summed E-state index contributed by atoms with van der Waals surface area (Å²) in [6.45, 7) is 5.83. The Morgan fingerprint density at radius 2 is 2.20 bits per heavy atom.